The number of nitrogens with zero attached hydrogens (tertiary/aromatic N) is 3. The Bertz CT molecular complexity index is 1170. The molecule has 0 fully saturated rings. The van der Waals surface area contributed by atoms with E-state index in [4.69, 9.17) is 11.6 Å². The number of nitrogens with one attached hydrogen (secondary N) is 1. The van der Waals surface area contributed by atoms with Gasteiger partial charge in [0.05, 0.1) is 11.9 Å². The quantitative estimate of drug-likeness (QED) is 0.305. The molecule has 3 aromatic rings. The Hall–Kier alpha value is -2.14. The highest BCUT2D eigenvalue weighted by Gasteiger charge is 2.20. The number of anilines is 2. The summed E-state index contributed by atoms with van der Waals surface area (Å²) in [6, 6.07) is 15.1. The van der Waals surface area contributed by atoms with E-state index in [0.29, 0.717) is 22.3 Å². The second kappa shape index (κ2) is 11.1. The molecule has 0 saturated carbocycles. The highest BCUT2D eigenvalue weighted by atomic mass is 35.5. The Morgan fingerprint density at radius 2 is 1.94 bits per heavy atom. The van der Waals surface area contributed by atoms with E-state index in [0.717, 1.165) is 21.9 Å². The minimum absolute atomic E-state index is 0.151. The van der Waals surface area contributed by atoms with Crippen LogP contribution in [0.1, 0.15) is 24.0 Å². The van der Waals surface area contributed by atoms with Gasteiger partial charge in [-0.1, -0.05) is 71.1 Å². The standard InChI is InChI=1S/C21H23ClN4O3S3/c1-15-10-11-17(22)13-18(15)26(32(2,28)29)12-6-9-19(27)23-20-24-25-21(31-20)30-14-16-7-4-3-5-8-16/h3-5,7-8,10-11,13H,6,9,12,14H2,1-2H3,(H,23,24,27). The van der Waals surface area contributed by atoms with E-state index in [9.17, 15) is 13.2 Å². The molecule has 1 heterocycles. The van der Waals surface area contributed by atoms with Gasteiger partial charge in [-0.2, -0.15) is 0 Å². The van der Waals surface area contributed by atoms with Crippen LogP contribution >= 0.6 is 34.7 Å². The number of aryl methyl sites for hydroxylation is 1. The summed E-state index contributed by atoms with van der Waals surface area (Å²) in [5.74, 6) is 0.533. The molecule has 0 aliphatic carbocycles. The van der Waals surface area contributed by atoms with Gasteiger partial charge < -0.3 is 5.32 Å². The molecule has 1 N–H and O–H groups in total. The molecular formula is C21H23ClN4O3S3. The third-order valence-electron chi connectivity index (χ3n) is 4.46. The summed E-state index contributed by atoms with van der Waals surface area (Å²) in [5, 5.41) is 11.7. The van der Waals surface area contributed by atoms with Crippen LogP contribution in [0.2, 0.25) is 5.02 Å². The molecule has 32 heavy (non-hydrogen) atoms. The van der Waals surface area contributed by atoms with Crippen molar-refractivity contribution in [1.82, 2.24) is 10.2 Å². The summed E-state index contributed by atoms with van der Waals surface area (Å²) in [6.07, 6.45) is 1.64. The topological polar surface area (TPSA) is 92.3 Å². The maximum Gasteiger partial charge on any atom is 0.232 e. The van der Waals surface area contributed by atoms with E-state index in [1.165, 1.54) is 21.2 Å². The third kappa shape index (κ3) is 7.19. The molecule has 0 radical (unpaired) electrons. The van der Waals surface area contributed by atoms with E-state index < -0.39 is 10.0 Å². The molecule has 3 rings (SSSR count). The molecule has 0 bridgehead atoms. The normalized spacial score (nSPS) is 11.3. The number of carbonyl (C=O) groups is 1. The smallest absolute Gasteiger partial charge is 0.232 e. The van der Waals surface area contributed by atoms with E-state index in [1.54, 1.807) is 30.0 Å². The molecule has 0 unspecified atom stereocenters. The molecular weight excluding hydrogens is 488 g/mol. The predicted molar refractivity (Wildman–Crippen MR) is 132 cm³/mol. The van der Waals surface area contributed by atoms with Crippen LogP contribution in [-0.4, -0.2) is 37.3 Å². The summed E-state index contributed by atoms with van der Waals surface area (Å²) < 4.78 is 26.6. The van der Waals surface area contributed by atoms with Crippen molar-refractivity contribution < 1.29 is 13.2 Å². The lowest BCUT2D eigenvalue weighted by atomic mass is 10.2. The van der Waals surface area contributed by atoms with Crippen molar-refractivity contribution in [1.29, 1.82) is 0 Å². The first-order valence-corrected chi connectivity index (χ1v) is 13.8. The maximum absolute atomic E-state index is 12.3. The Balaban J connectivity index is 1.52. The molecule has 0 aliphatic rings. The van der Waals surface area contributed by atoms with Crippen LogP contribution in [0.15, 0.2) is 52.9 Å². The number of rotatable bonds is 10. The molecule has 0 aliphatic heterocycles. The maximum atomic E-state index is 12.3. The minimum atomic E-state index is -3.52. The number of benzene rings is 2. The van der Waals surface area contributed by atoms with Gasteiger partial charge in [-0.15, -0.1) is 10.2 Å². The monoisotopic (exact) mass is 510 g/mol. The lowest BCUT2D eigenvalue weighted by Crippen LogP contribution is -2.32. The molecule has 1 amide bonds. The fraction of sp³-hybridized carbons (Fsp3) is 0.286. The molecule has 1 aromatic heterocycles. The molecule has 2 aromatic carbocycles. The minimum Gasteiger partial charge on any atom is -0.301 e. The third-order valence-corrected chi connectivity index (χ3v) is 7.92. The molecule has 170 valence electrons. The Morgan fingerprint density at radius 1 is 1.19 bits per heavy atom. The summed E-state index contributed by atoms with van der Waals surface area (Å²) in [7, 11) is -3.52. The zero-order valence-electron chi connectivity index (χ0n) is 17.6. The highest BCUT2D eigenvalue weighted by Crippen LogP contribution is 2.29. The number of sulfonamides is 1. The summed E-state index contributed by atoms with van der Waals surface area (Å²) >= 11 is 8.91. The molecule has 7 nitrogen and oxygen atoms in total. The van der Waals surface area contributed by atoms with E-state index in [2.05, 4.69) is 15.5 Å². The number of aromatic nitrogens is 2. The fourth-order valence-electron chi connectivity index (χ4n) is 2.92. The number of halogens is 1. The lowest BCUT2D eigenvalue weighted by molar-refractivity contribution is -0.116. The van der Waals surface area contributed by atoms with E-state index in [-0.39, 0.29) is 18.9 Å². The van der Waals surface area contributed by atoms with Gasteiger partial charge in [0.1, 0.15) is 0 Å². The zero-order chi connectivity index (χ0) is 23.1. The number of hydrogen-bond acceptors (Lipinski definition) is 7. The largest absolute Gasteiger partial charge is 0.301 e. The van der Waals surface area contributed by atoms with Crippen molar-refractivity contribution in [2.24, 2.45) is 0 Å². The van der Waals surface area contributed by atoms with E-state index in [1.807, 2.05) is 37.3 Å². The Labute approximate surface area is 201 Å². The lowest BCUT2D eigenvalue weighted by Gasteiger charge is -2.24. The van der Waals surface area contributed by atoms with Gasteiger partial charge in [0.25, 0.3) is 0 Å². The average molecular weight is 511 g/mol. The van der Waals surface area contributed by atoms with Crippen molar-refractivity contribution in [2.75, 3.05) is 22.4 Å². The average Bonchev–Trinajstić information content (AvgIpc) is 3.19. The van der Waals surface area contributed by atoms with Crippen LogP contribution in [0, 0.1) is 6.92 Å². The van der Waals surface area contributed by atoms with Crippen molar-refractivity contribution in [3.05, 3.63) is 64.7 Å². The first-order valence-electron chi connectivity index (χ1n) is 9.76. The van der Waals surface area contributed by atoms with Crippen LogP contribution in [0.3, 0.4) is 0 Å². The number of carbonyl (C=O) groups excluding carboxylic acids is 1. The van der Waals surface area contributed by atoms with Crippen molar-refractivity contribution in [3.8, 4) is 0 Å². The Kier molecular flexibility index (Phi) is 8.52. The van der Waals surface area contributed by atoms with Gasteiger partial charge >= 0.3 is 0 Å². The number of amides is 1. The van der Waals surface area contributed by atoms with Gasteiger partial charge in [0.2, 0.25) is 21.1 Å². The van der Waals surface area contributed by atoms with Crippen LogP contribution in [0.4, 0.5) is 10.8 Å². The summed E-state index contributed by atoms with van der Waals surface area (Å²) in [4.78, 5) is 12.3. The molecule has 0 atom stereocenters. The Morgan fingerprint density at radius 3 is 2.66 bits per heavy atom. The number of thioether (sulfide) groups is 1. The van der Waals surface area contributed by atoms with Crippen LogP contribution < -0.4 is 9.62 Å². The SMILES string of the molecule is Cc1ccc(Cl)cc1N(CCCC(=O)Nc1nnc(SCc2ccccc2)s1)S(C)(=O)=O. The van der Waals surface area contributed by atoms with Crippen LogP contribution in [-0.2, 0) is 20.6 Å². The van der Waals surface area contributed by atoms with Gasteiger partial charge in [-0.05, 0) is 36.6 Å². The molecule has 0 spiro atoms. The molecule has 11 heteroatoms. The summed E-state index contributed by atoms with van der Waals surface area (Å²) in [6.45, 7) is 1.99. The van der Waals surface area contributed by atoms with Gasteiger partial charge in [0.15, 0.2) is 4.34 Å². The van der Waals surface area contributed by atoms with Crippen LogP contribution in [0.5, 0.6) is 0 Å². The van der Waals surface area contributed by atoms with Crippen molar-refractivity contribution in [2.45, 2.75) is 29.9 Å². The zero-order valence-corrected chi connectivity index (χ0v) is 20.8. The van der Waals surface area contributed by atoms with Crippen LogP contribution in [0.25, 0.3) is 0 Å². The second-order valence-corrected chi connectivity index (χ2v) is 11.6. The fourth-order valence-corrected chi connectivity index (χ4v) is 5.82. The molecule has 0 saturated heterocycles. The first-order chi connectivity index (χ1) is 15.2. The predicted octanol–water partition coefficient (Wildman–Crippen LogP) is 4.98. The van der Waals surface area contributed by atoms with Gasteiger partial charge in [-0.25, -0.2) is 8.42 Å². The first kappa shape index (κ1) is 24.5. The highest BCUT2D eigenvalue weighted by molar-refractivity contribution is 8.00. The van der Waals surface area contributed by atoms with Gasteiger partial charge in [0, 0.05) is 23.7 Å². The van der Waals surface area contributed by atoms with Crippen molar-refractivity contribution >= 4 is 61.4 Å². The second-order valence-electron chi connectivity index (χ2n) is 7.07. The number of hydrogen-bond donors (Lipinski definition) is 1. The summed E-state index contributed by atoms with van der Waals surface area (Å²) in [5.41, 5.74) is 2.49. The van der Waals surface area contributed by atoms with E-state index >= 15 is 0 Å². The van der Waals surface area contributed by atoms with Gasteiger partial charge in [-0.3, -0.25) is 9.10 Å². The van der Waals surface area contributed by atoms with Crippen molar-refractivity contribution in [3.63, 3.8) is 0 Å².